The molecule has 3 N–H and O–H groups in total. The van der Waals surface area contributed by atoms with E-state index in [0.717, 1.165) is 38.4 Å². The third-order valence-corrected chi connectivity index (χ3v) is 5.12. The molecule has 8 nitrogen and oxygen atoms in total. The number of carbonyl (C=O) groups is 1. The number of nitrogens with one attached hydrogen (secondary N) is 3. The van der Waals surface area contributed by atoms with E-state index in [-0.39, 0.29) is 35.6 Å². The first kappa shape index (κ1) is 24.4. The monoisotopic (exact) mass is 489 g/mol. The van der Waals surface area contributed by atoms with Gasteiger partial charge in [-0.2, -0.15) is 0 Å². The third kappa shape index (κ3) is 10.9. The van der Waals surface area contributed by atoms with Crippen molar-refractivity contribution in [2.24, 2.45) is 4.99 Å². The van der Waals surface area contributed by atoms with Gasteiger partial charge in [-0.1, -0.05) is 0 Å². The molecule has 0 unspecified atom stereocenters. The minimum Gasteiger partial charge on any atom is -0.357 e. The van der Waals surface area contributed by atoms with Crippen molar-refractivity contribution >= 4 is 45.9 Å². The van der Waals surface area contributed by atoms with Crippen LogP contribution in [0.25, 0.3) is 0 Å². The van der Waals surface area contributed by atoms with Gasteiger partial charge in [0.1, 0.15) is 0 Å². The van der Waals surface area contributed by atoms with Crippen LogP contribution < -0.4 is 15.4 Å². The lowest BCUT2D eigenvalue weighted by molar-refractivity contribution is -0.127. The Morgan fingerprint density at radius 3 is 2.56 bits per heavy atom. The molecule has 1 aliphatic rings. The van der Waals surface area contributed by atoms with Gasteiger partial charge in [0, 0.05) is 45.7 Å². The van der Waals surface area contributed by atoms with Crippen molar-refractivity contribution in [3.05, 3.63) is 0 Å². The Hall–Kier alpha value is -0.620. The average molecular weight is 489 g/mol. The van der Waals surface area contributed by atoms with Crippen LogP contribution in [0.4, 0.5) is 0 Å². The van der Waals surface area contributed by atoms with Crippen molar-refractivity contribution in [2.45, 2.75) is 39.5 Å². The van der Waals surface area contributed by atoms with Gasteiger partial charge in [0.05, 0.1) is 5.75 Å². The quantitative estimate of drug-likeness (QED) is 0.170. The summed E-state index contributed by atoms with van der Waals surface area (Å²) in [6.07, 6.45) is 3.17. The maximum Gasteiger partial charge on any atom is 0.222 e. The number of amides is 1. The summed E-state index contributed by atoms with van der Waals surface area (Å²) in [5.74, 6) is 1.08. The Morgan fingerprint density at radius 1 is 1.20 bits per heavy atom. The van der Waals surface area contributed by atoms with E-state index in [9.17, 15) is 13.2 Å². The number of likely N-dealkylation sites (tertiary alicyclic amines) is 1. The van der Waals surface area contributed by atoms with Crippen molar-refractivity contribution in [1.82, 2.24) is 20.3 Å². The molecule has 0 bridgehead atoms. The molecule has 1 aliphatic heterocycles. The van der Waals surface area contributed by atoms with E-state index in [4.69, 9.17) is 0 Å². The van der Waals surface area contributed by atoms with Gasteiger partial charge in [0.2, 0.25) is 15.9 Å². The molecular formula is C15H32IN5O3S. The van der Waals surface area contributed by atoms with Crippen LogP contribution in [0.3, 0.4) is 0 Å². The average Bonchev–Trinajstić information content (AvgIpc) is 2.96. The second-order valence-electron chi connectivity index (χ2n) is 5.68. The van der Waals surface area contributed by atoms with Crippen molar-refractivity contribution in [3.63, 3.8) is 0 Å². The van der Waals surface area contributed by atoms with E-state index in [1.165, 1.54) is 0 Å². The van der Waals surface area contributed by atoms with Gasteiger partial charge >= 0.3 is 0 Å². The fraction of sp³-hybridized carbons (Fsp3) is 0.867. The van der Waals surface area contributed by atoms with Crippen molar-refractivity contribution in [3.8, 4) is 0 Å². The zero-order valence-electron chi connectivity index (χ0n) is 15.2. The maximum absolute atomic E-state index is 11.5. The van der Waals surface area contributed by atoms with Gasteiger partial charge in [-0.3, -0.25) is 9.79 Å². The molecule has 148 valence electrons. The molecule has 0 saturated carbocycles. The molecule has 1 rings (SSSR count). The Labute approximate surface area is 168 Å². The highest BCUT2D eigenvalue weighted by Gasteiger charge is 2.18. The van der Waals surface area contributed by atoms with Crippen LogP contribution in [0.15, 0.2) is 4.99 Å². The van der Waals surface area contributed by atoms with E-state index in [1.54, 1.807) is 6.92 Å². The van der Waals surface area contributed by atoms with E-state index < -0.39 is 10.0 Å². The van der Waals surface area contributed by atoms with Gasteiger partial charge in [-0.15, -0.1) is 24.0 Å². The van der Waals surface area contributed by atoms with Crippen molar-refractivity contribution < 1.29 is 13.2 Å². The Morgan fingerprint density at radius 2 is 1.96 bits per heavy atom. The van der Waals surface area contributed by atoms with Gasteiger partial charge in [0.15, 0.2) is 5.96 Å². The SMILES string of the molecule is CCNC(=NCCCN1CCCC1=O)NCCCNS(=O)(=O)CC.I. The fourth-order valence-electron chi connectivity index (χ4n) is 2.36. The summed E-state index contributed by atoms with van der Waals surface area (Å²) in [5, 5.41) is 6.34. The van der Waals surface area contributed by atoms with Gasteiger partial charge < -0.3 is 15.5 Å². The van der Waals surface area contributed by atoms with Crippen LogP contribution in [0.2, 0.25) is 0 Å². The summed E-state index contributed by atoms with van der Waals surface area (Å²) in [6, 6.07) is 0. The summed E-state index contributed by atoms with van der Waals surface area (Å²) in [5.41, 5.74) is 0. The Balaban J connectivity index is 0.00000576. The van der Waals surface area contributed by atoms with Crippen LogP contribution in [0.1, 0.15) is 39.5 Å². The molecule has 0 atom stereocenters. The lowest BCUT2D eigenvalue weighted by Crippen LogP contribution is -2.39. The summed E-state index contributed by atoms with van der Waals surface area (Å²) >= 11 is 0. The number of nitrogens with zero attached hydrogens (tertiary/aromatic N) is 2. The topological polar surface area (TPSA) is 103 Å². The molecule has 0 aliphatic carbocycles. The van der Waals surface area contributed by atoms with Gasteiger partial charge in [-0.05, 0) is 33.1 Å². The van der Waals surface area contributed by atoms with Crippen LogP contribution in [0, 0.1) is 0 Å². The predicted octanol–water partition coefficient (Wildman–Crippen LogP) is 0.501. The van der Waals surface area contributed by atoms with Crippen molar-refractivity contribution in [2.75, 3.05) is 45.0 Å². The predicted molar refractivity (Wildman–Crippen MR) is 112 cm³/mol. The largest absolute Gasteiger partial charge is 0.357 e. The lowest BCUT2D eigenvalue weighted by Gasteiger charge is -2.15. The normalized spacial score (nSPS) is 15.2. The maximum atomic E-state index is 11.5. The molecule has 1 heterocycles. The van der Waals surface area contributed by atoms with E-state index in [1.807, 2.05) is 11.8 Å². The summed E-state index contributed by atoms with van der Waals surface area (Å²) in [7, 11) is -3.12. The molecule has 0 aromatic carbocycles. The second kappa shape index (κ2) is 13.6. The second-order valence-corrected chi connectivity index (χ2v) is 7.77. The molecule has 25 heavy (non-hydrogen) atoms. The van der Waals surface area contributed by atoms with Gasteiger partial charge in [0.25, 0.3) is 0 Å². The minimum absolute atomic E-state index is 0. The number of sulfonamides is 1. The molecule has 1 fully saturated rings. The zero-order chi connectivity index (χ0) is 17.8. The first-order valence-electron chi connectivity index (χ1n) is 8.75. The highest BCUT2D eigenvalue weighted by atomic mass is 127. The highest BCUT2D eigenvalue weighted by molar-refractivity contribution is 14.0. The Bertz CT molecular complexity index is 513. The molecule has 0 aromatic heterocycles. The fourth-order valence-corrected chi connectivity index (χ4v) is 3.02. The van der Waals surface area contributed by atoms with Gasteiger partial charge in [-0.25, -0.2) is 13.1 Å². The highest BCUT2D eigenvalue weighted by Crippen LogP contribution is 2.09. The van der Waals surface area contributed by atoms with E-state index in [0.29, 0.717) is 32.5 Å². The zero-order valence-corrected chi connectivity index (χ0v) is 18.4. The van der Waals surface area contributed by atoms with Crippen LogP contribution in [-0.2, 0) is 14.8 Å². The third-order valence-electron chi connectivity index (χ3n) is 3.72. The molecule has 0 spiro atoms. The molecular weight excluding hydrogens is 457 g/mol. The number of hydrogen-bond acceptors (Lipinski definition) is 4. The van der Waals surface area contributed by atoms with Crippen LogP contribution >= 0.6 is 24.0 Å². The number of hydrogen-bond donors (Lipinski definition) is 3. The standard InChI is InChI=1S/C15H31N5O3S.HI/c1-3-16-15(17-9-6-11-19-24(22,23)4-2)18-10-7-13-20-12-5-8-14(20)21;/h19H,3-13H2,1-2H3,(H2,16,17,18);1H. The molecule has 0 radical (unpaired) electrons. The first-order chi connectivity index (χ1) is 11.5. The minimum atomic E-state index is -3.12. The molecule has 10 heteroatoms. The molecule has 1 saturated heterocycles. The number of guanidine groups is 1. The smallest absolute Gasteiger partial charge is 0.222 e. The molecule has 1 amide bonds. The van der Waals surface area contributed by atoms with E-state index in [2.05, 4.69) is 20.3 Å². The van der Waals surface area contributed by atoms with Crippen molar-refractivity contribution in [1.29, 1.82) is 0 Å². The number of halogens is 1. The number of rotatable bonds is 11. The van der Waals surface area contributed by atoms with E-state index >= 15 is 0 Å². The molecule has 0 aromatic rings. The van der Waals surface area contributed by atoms with Crippen LogP contribution in [0.5, 0.6) is 0 Å². The lowest BCUT2D eigenvalue weighted by atomic mass is 10.4. The number of carbonyl (C=O) groups excluding carboxylic acids is 1. The summed E-state index contributed by atoms with van der Waals surface area (Å²) < 4.78 is 25.2. The summed E-state index contributed by atoms with van der Waals surface area (Å²) in [4.78, 5) is 17.9. The summed E-state index contributed by atoms with van der Waals surface area (Å²) in [6.45, 7) is 7.72. The number of aliphatic imine (C=N–C) groups is 1. The first-order valence-corrected chi connectivity index (χ1v) is 10.4. The Kier molecular flexibility index (Phi) is 13.2. The van der Waals surface area contributed by atoms with Crippen LogP contribution in [-0.4, -0.2) is 70.2 Å².